The van der Waals surface area contributed by atoms with Crippen molar-refractivity contribution >= 4 is 23.8 Å². The van der Waals surface area contributed by atoms with Crippen LogP contribution in [0, 0.1) is 5.92 Å². The number of carboxylic acid groups (broad SMARTS) is 1. The van der Waals surface area contributed by atoms with Gasteiger partial charge in [0.1, 0.15) is 6.04 Å². The van der Waals surface area contributed by atoms with Crippen LogP contribution in [0.4, 0.5) is 0 Å². The van der Waals surface area contributed by atoms with Crippen LogP contribution in [-0.2, 0) is 23.9 Å². The molecule has 1 rings (SSSR count). The highest BCUT2D eigenvalue weighted by Crippen LogP contribution is 2.15. The van der Waals surface area contributed by atoms with Crippen LogP contribution in [0.3, 0.4) is 0 Å². The minimum absolute atomic E-state index is 0.00104. The van der Waals surface area contributed by atoms with Gasteiger partial charge < -0.3 is 19.9 Å². The van der Waals surface area contributed by atoms with Crippen molar-refractivity contribution in [2.45, 2.75) is 26.3 Å². The second kappa shape index (κ2) is 10.0. The van der Waals surface area contributed by atoms with Gasteiger partial charge in [0, 0.05) is 12.4 Å². The molecule has 0 radical (unpaired) electrons. The molecule has 0 aliphatic rings. The largest absolute Gasteiger partial charge is 0.480 e. The van der Waals surface area contributed by atoms with E-state index in [2.05, 4.69) is 10.3 Å². The molecule has 9 heteroatoms. The smallest absolute Gasteiger partial charge is 0.327 e. The third-order valence-electron chi connectivity index (χ3n) is 3.16. The van der Waals surface area contributed by atoms with Crippen LogP contribution in [0.5, 0.6) is 0 Å². The summed E-state index contributed by atoms with van der Waals surface area (Å²) in [6, 6.07) is 1.29. The Hall–Kier alpha value is -2.97. The van der Waals surface area contributed by atoms with Crippen LogP contribution in [-0.4, -0.2) is 53.2 Å². The molecule has 0 saturated carbocycles. The van der Waals surface area contributed by atoms with Crippen LogP contribution in [0.1, 0.15) is 30.6 Å². The number of nitrogens with zero attached hydrogens (tertiary/aromatic N) is 1. The molecule has 136 valence electrons. The summed E-state index contributed by atoms with van der Waals surface area (Å²) in [5.41, 5.74) is 0.118. The molecule has 0 spiro atoms. The summed E-state index contributed by atoms with van der Waals surface area (Å²) in [6.45, 7) is 3.20. The first kappa shape index (κ1) is 20.1. The first-order valence-corrected chi connectivity index (χ1v) is 7.66. The number of aromatic nitrogens is 1. The van der Waals surface area contributed by atoms with Crippen molar-refractivity contribution in [2.75, 3.05) is 13.2 Å². The molecule has 25 heavy (non-hydrogen) atoms. The third-order valence-corrected chi connectivity index (χ3v) is 3.16. The molecule has 0 saturated heterocycles. The van der Waals surface area contributed by atoms with E-state index < -0.39 is 42.2 Å². The number of amides is 1. The first-order valence-electron chi connectivity index (χ1n) is 7.66. The molecule has 0 aromatic carbocycles. The fraction of sp³-hybridized carbons (Fsp3) is 0.438. The summed E-state index contributed by atoms with van der Waals surface area (Å²) >= 11 is 0. The topological polar surface area (TPSA) is 132 Å². The number of carbonyl (C=O) groups is 4. The number of pyridine rings is 1. The number of ether oxygens (including phenoxy) is 2. The number of nitrogens with one attached hydrogen (secondary N) is 1. The van der Waals surface area contributed by atoms with Gasteiger partial charge in [-0.15, -0.1) is 0 Å². The maximum atomic E-state index is 12.2. The van der Waals surface area contributed by atoms with E-state index in [9.17, 15) is 24.3 Å². The summed E-state index contributed by atoms with van der Waals surface area (Å²) in [5, 5.41) is 11.6. The zero-order chi connectivity index (χ0) is 18.8. The van der Waals surface area contributed by atoms with E-state index in [-0.39, 0.29) is 18.8 Å². The second-order valence-electron chi connectivity index (χ2n) is 4.90. The average molecular weight is 352 g/mol. The van der Waals surface area contributed by atoms with Crippen LogP contribution in [0.25, 0.3) is 0 Å². The fourth-order valence-corrected chi connectivity index (χ4v) is 2.04. The molecule has 2 N–H and O–H groups in total. The van der Waals surface area contributed by atoms with Gasteiger partial charge in [0.15, 0.2) is 0 Å². The second-order valence-corrected chi connectivity index (χ2v) is 4.90. The Morgan fingerprint density at radius 1 is 1.20 bits per heavy atom. The number of rotatable bonds is 9. The molecule has 0 aliphatic carbocycles. The van der Waals surface area contributed by atoms with Crippen molar-refractivity contribution in [3.05, 3.63) is 30.1 Å². The van der Waals surface area contributed by atoms with Crippen molar-refractivity contribution in [2.24, 2.45) is 5.92 Å². The van der Waals surface area contributed by atoms with Crippen molar-refractivity contribution in [3.63, 3.8) is 0 Å². The highest BCUT2D eigenvalue weighted by molar-refractivity contribution is 5.98. The fourth-order valence-electron chi connectivity index (χ4n) is 2.04. The van der Waals surface area contributed by atoms with Crippen LogP contribution >= 0.6 is 0 Å². The predicted octanol–water partition coefficient (Wildman–Crippen LogP) is 0.397. The lowest BCUT2D eigenvalue weighted by molar-refractivity contribution is -0.159. The lowest BCUT2D eigenvalue weighted by Gasteiger charge is -2.22. The molecular formula is C16H20N2O7. The SMILES string of the molecule is CCOC(=O)C[C@H](C(=O)OCC)[C@@H](NC(=O)c1cccnc1)C(=O)O. The minimum atomic E-state index is -1.66. The van der Waals surface area contributed by atoms with Gasteiger partial charge in [0.05, 0.1) is 31.1 Å². The average Bonchev–Trinajstić information content (AvgIpc) is 2.58. The summed E-state index contributed by atoms with van der Waals surface area (Å²) < 4.78 is 9.59. The Kier molecular flexibility index (Phi) is 8.04. The number of esters is 2. The molecule has 1 aromatic rings. The third kappa shape index (κ3) is 6.21. The Morgan fingerprint density at radius 2 is 1.88 bits per heavy atom. The summed E-state index contributed by atoms with van der Waals surface area (Å²) in [5.74, 6) is -5.30. The molecule has 0 aliphatic heterocycles. The van der Waals surface area contributed by atoms with Gasteiger partial charge in [-0.3, -0.25) is 19.4 Å². The van der Waals surface area contributed by atoms with Crippen molar-refractivity contribution in [1.29, 1.82) is 0 Å². The van der Waals surface area contributed by atoms with E-state index in [0.717, 1.165) is 0 Å². The Labute approximate surface area is 144 Å². The molecule has 0 unspecified atom stereocenters. The highest BCUT2D eigenvalue weighted by atomic mass is 16.5. The van der Waals surface area contributed by atoms with E-state index in [1.807, 2.05) is 0 Å². The van der Waals surface area contributed by atoms with E-state index in [4.69, 9.17) is 9.47 Å². The van der Waals surface area contributed by atoms with Crippen molar-refractivity contribution in [1.82, 2.24) is 10.3 Å². The standard InChI is InChI=1S/C16H20N2O7/c1-3-24-12(19)8-11(16(23)25-4-2)13(15(21)22)18-14(20)10-6-5-7-17-9-10/h5-7,9,11,13H,3-4,8H2,1-2H3,(H,18,20)(H,21,22)/t11-,13+/m0/s1. The van der Waals surface area contributed by atoms with Gasteiger partial charge in [0.25, 0.3) is 5.91 Å². The zero-order valence-electron chi connectivity index (χ0n) is 13.9. The van der Waals surface area contributed by atoms with Gasteiger partial charge in [-0.25, -0.2) is 4.79 Å². The van der Waals surface area contributed by atoms with Crippen LogP contribution in [0.2, 0.25) is 0 Å². The number of aliphatic carboxylic acids is 1. The number of carboxylic acids is 1. The number of hydrogen-bond donors (Lipinski definition) is 2. The van der Waals surface area contributed by atoms with Gasteiger partial charge in [-0.05, 0) is 26.0 Å². The number of hydrogen-bond acceptors (Lipinski definition) is 7. The van der Waals surface area contributed by atoms with Gasteiger partial charge in [0.2, 0.25) is 0 Å². The molecule has 0 fully saturated rings. The van der Waals surface area contributed by atoms with Crippen LogP contribution < -0.4 is 5.32 Å². The number of carbonyl (C=O) groups excluding carboxylic acids is 3. The van der Waals surface area contributed by atoms with Crippen LogP contribution in [0.15, 0.2) is 24.5 Å². The van der Waals surface area contributed by atoms with E-state index in [1.54, 1.807) is 13.8 Å². The maximum absolute atomic E-state index is 12.2. The Bertz CT molecular complexity index is 618. The molecule has 1 aromatic heterocycles. The Balaban J connectivity index is 3.01. The quantitative estimate of drug-likeness (QED) is 0.610. The summed E-state index contributed by atoms with van der Waals surface area (Å²) in [6.07, 6.45) is 2.17. The monoisotopic (exact) mass is 352 g/mol. The molecule has 1 heterocycles. The Morgan fingerprint density at radius 3 is 2.40 bits per heavy atom. The van der Waals surface area contributed by atoms with E-state index in [1.165, 1.54) is 24.5 Å². The summed E-state index contributed by atoms with van der Waals surface area (Å²) in [4.78, 5) is 51.3. The summed E-state index contributed by atoms with van der Waals surface area (Å²) in [7, 11) is 0. The molecular weight excluding hydrogens is 332 g/mol. The highest BCUT2D eigenvalue weighted by Gasteiger charge is 2.38. The van der Waals surface area contributed by atoms with Crippen molar-refractivity contribution in [3.8, 4) is 0 Å². The van der Waals surface area contributed by atoms with Gasteiger partial charge >= 0.3 is 17.9 Å². The lowest BCUT2D eigenvalue weighted by Crippen LogP contribution is -2.49. The molecule has 2 atom stereocenters. The normalized spacial score (nSPS) is 12.6. The predicted molar refractivity (Wildman–Crippen MR) is 84.5 cm³/mol. The maximum Gasteiger partial charge on any atom is 0.327 e. The molecule has 0 bridgehead atoms. The lowest BCUT2D eigenvalue weighted by atomic mass is 9.95. The molecule has 1 amide bonds. The molecule has 9 nitrogen and oxygen atoms in total. The van der Waals surface area contributed by atoms with E-state index in [0.29, 0.717) is 0 Å². The van der Waals surface area contributed by atoms with E-state index >= 15 is 0 Å². The van der Waals surface area contributed by atoms with Gasteiger partial charge in [-0.2, -0.15) is 0 Å². The minimum Gasteiger partial charge on any atom is -0.480 e. The zero-order valence-corrected chi connectivity index (χ0v) is 13.9. The first-order chi connectivity index (χ1) is 11.9. The van der Waals surface area contributed by atoms with Crippen molar-refractivity contribution < 1.29 is 33.8 Å². The van der Waals surface area contributed by atoms with Gasteiger partial charge in [-0.1, -0.05) is 0 Å².